The largest absolute Gasteiger partial charge is 0.486 e. The number of hydrogen-bond acceptors (Lipinski definition) is 4. The van der Waals surface area contributed by atoms with Crippen molar-refractivity contribution in [3.63, 3.8) is 0 Å². The molecule has 0 bridgehead atoms. The van der Waals surface area contributed by atoms with Crippen LogP contribution in [0, 0.1) is 6.92 Å². The molecule has 0 unspecified atom stereocenters. The van der Waals surface area contributed by atoms with Crippen LogP contribution in [0.5, 0.6) is 5.75 Å². The van der Waals surface area contributed by atoms with Gasteiger partial charge in [-0.3, -0.25) is 4.79 Å². The van der Waals surface area contributed by atoms with Gasteiger partial charge in [-0.1, -0.05) is 0 Å². The fourth-order valence-corrected chi connectivity index (χ4v) is 2.65. The molecule has 0 fully saturated rings. The maximum Gasteiger partial charge on any atom is 0.255 e. The van der Waals surface area contributed by atoms with Gasteiger partial charge in [0.1, 0.15) is 18.2 Å². The van der Waals surface area contributed by atoms with Gasteiger partial charge in [0.05, 0.1) is 0 Å². The topological polar surface area (TPSA) is 59.4 Å². The minimum Gasteiger partial charge on any atom is -0.486 e. The van der Waals surface area contributed by atoms with Crippen LogP contribution in [0.4, 0.5) is 11.4 Å². The van der Waals surface area contributed by atoms with Gasteiger partial charge in [0.25, 0.3) is 5.91 Å². The van der Waals surface area contributed by atoms with Gasteiger partial charge in [0, 0.05) is 50.5 Å². The quantitative estimate of drug-likeness (QED) is 0.726. The van der Waals surface area contributed by atoms with Crippen LogP contribution in [0.25, 0.3) is 0 Å². The highest BCUT2D eigenvalue weighted by molar-refractivity contribution is 6.04. The molecule has 1 aromatic heterocycles. The molecule has 0 aliphatic rings. The van der Waals surface area contributed by atoms with E-state index in [2.05, 4.69) is 10.3 Å². The normalized spacial score (nSPS) is 10.5. The van der Waals surface area contributed by atoms with Crippen LogP contribution < -0.4 is 15.0 Å². The summed E-state index contributed by atoms with van der Waals surface area (Å²) in [7, 11) is 5.90. The Morgan fingerprint density at radius 2 is 1.93 bits per heavy atom. The van der Waals surface area contributed by atoms with Crippen molar-refractivity contribution in [3.8, 4) is 5.75 Å². The SMILES string of the molecule is Cc1cc(N(C)C)ccc1NC(=O)c1ccc(OCc2nccn2C)cc1. The molecule has 0 saturated heterocycles. The van der Waals surface area contributed by atoms with Crippen LogP contribution in [0.15, 0.2) is 54.9 Å². The Bertz CT molecular complexity index is 930. The number of carbonyl (C=O) groups is 1. The Morgan fingerprint density at radius 3 is 2.52 bits per heavy atom. The highest BCUT2D eigenvalue weighted by Crippen LogP contribution is 2.22. The molecule has 0 saturated carbocycles. The van der Waals surface area contributed by atoms with E-state index in [9.17, 15) is 4.79 Å². The third kappa shape index (κ3) is 4.47. The maximum atomic E-state index is 12.5. The minimum atomic E-state index is -0.147. The molecule has 0 spiro atoms. The first-order valence-electron chi connectivity index (χ1n) is 8.72. The molecule has 1 heterocycles. The van der Waals surface area contributed by atoms with Gasteiger partial charge >= 0.3 is 0 Å². The molecule has 140 valence electrons. The predicted octanol–water partition coefficient (Wildman–Crippen LogP) is 3.63. The maximum absolute atomic E-state index is 12.5. The molecule has 3 rings (SSSR count). The number of nitrogens with zero attached hydrogens (tertiary/aromatic N) is 3. The molecule has 27 heavy (non-hydrogen) atoms. The Labute approximate surface area is 159 Å². The summed E-state index contributed by atoms with van der Waals surface area (Å²) in [4.78, 5) is 18.8. The number of aromatic nitrogens is 2. The zero-order valence-corrected chi connectivity index (χ0v) is 16.1. The second kappa shape index (κ2) is 7.95. The van der Waals surface area contributed by atoms with Crippen LogP contribution in [-0.2, 0) is 13.7 Å². The minimum absolute atomic E-state index is 0.147. The second-order valence-electron chi connectivity index (χ2n) is 6.62. The average Bonchev–Trinajstić information content (AvgIpc) is 3.06. The highest BCUT2D eigenvalue weighted by atomic mass is 16.5. The fourth-order valence-electron chi connectivity index (χ4n) is 2.65. The summed E-state index contributed by atoms with van der Waals surface area (Å²) in [6, 6.07) is 13.0. The number of benzene rings is 2. The first kappa shape index (κ1) is 18.5. The van der Waals surface area contributed by atoms with Gasteiger partial charge in [-0.15, -0.1) is 0 Å². The van der Waals surface area contributed by atoms with Crippen molar-refractivity contribution in [1.29, 1.82) is 0 Å². The molecule has 6 nitrogen and oxygen atoms in total. The lowest BCUT2D eigenvalue weighted by Gasteiger charge is -2.15. The van der Waals surface area contributed by atoms with Gasteiger partial charge < -0.3 is 19.5 Å². The van der Waals surface area contributed by atoms with E-state index in [-0.39, 0.29) is 5.91 Å². The van der Waals surface area contributed by atoms with E-state index in [0.29, 0.717) is 17.9 Å². The molecule has 0 aliphatic carbocycles. The number of aryl methyl sites for hydroxylation is 2. The van der Waals surface area contributed by atoms with Crippen molar-refractivity contribution in [3.05, 3.63) is 71.8 Å². The zero-order valence-electron chi connectivity index (χ0n) is 16.1. The molecule has 6 heteroatoms. The molecule has 0 atom stereocenters. The van der Waals surface area contributed by atoms with Crippen LogP contribution >= 0.6 is 0 Å². The van der Waals surface area contributed by atoms with E-state index in [1.54, 1.807) is 30.5 Å². The third-order valence-corrected chi connectivity index (χ3v) is 4.38. The number of nitrogens with one attached hydrogen (secondary N) is 1. The molecule has 0 aliphatic heterocycles. The van der Waals surface area contributed by atoms with E-state index in [4.69, 9.17) is 4.74 Å². The average molecular weight is 364 g/mol. The van der Waals surface area contributed by atoms with Gasteiger partial charge in [0.2, 0.25) is 0 Å². The molecule has 3 aromatic rings. The summed E-state index contributed by atoms with van der Waals surface area (Å²) in [5, 5.41) is 2.96. The highest BCUT2D eigenvalue weighted by Gasteiger charge is 2.09. The number of rotatable bonds is 6. The van der Waals surface area contributed by atoms with E-state index < -0.39 is 0 Å². The lowest BCUT2D eigenvalue weighted by atomic mass is 10.1. The van der Waals surface area contributed by atoms with Crippen molar-refractivity contribution in [2.75, 3.05) is 24.3 Å². The number of imidazole rings is 1. The van der Waals surface area contributed by atoms with Crippen molar-refractivity contribution >= 4 is 17.3 Å². The predicted molar refractivity (Wildman–Crippen MR) is 107 cm³/mol. The van der Waals surface area contributed by atoms with Crippen molar-refractivity contribution in [1.82, 2.24) is 9.55 Å². The third-order valence-electron chi connectivity index (χ3n) is 4.38. The summed E-state index contributed by atoms with van der Waals surface area (Å²) in [6.45, 7) is 2.36. The number of amides is 1. The van der Waals surface area contributed by atoms with Crippen LogP contribution in [-0.4, -0.2) is 29.6 Å². The van der Waals surface area contributed by atoms with Crippen molar-refractivity contribution in [2.45, 2.75) is 13.5 Å². The monoisotopic (exact) mass is 364 g/mol. The Balaban J connectivity index is 1.63. The van der Waals surface area contributed by atoms with E-state index >= 15 is 0 Å². The summed E-state index contributed by atoms with van der Waals surface area (Å²) < 4.78 is 7.63. The smallest absolute Gasteiger partial charge is 0.255 e. The van der Waals surface area contributed by atoms with Crippen LogP contribution in [0.1, 0.15) is 21.7 Å². The van der Waals surface area contributed by atoms with E-state index in [0.717, 1.165) is 22.8 Å². The molecule has 2 aromatic carbocycles. The Hall–Kier alpha value is -3.28. The molecule has 1 N–H and O–H groups in total. The molecular formula is C21H24N4O2. The van der Waals surface area contributed by atoms with Gasteiger partial charge in [-0.25, -0.2) is 4.98 Å². The summed E-state index contributed by atoms with van der Waals surface area (Å²) in [6.07, 6.45) is 3.61. The van der Waals surface area contributed by atoms with Crippen LogP contribution in [0.3, 0.4) is 0 Å². The van der Waals surface area contributed by atoms with Crippen LogP contribution in [0.2, 0.25) is 0 Å². The molecular weight excluding hydrogens is 340 g/mol. The molecule has 0 radical (unpaired) electrons. The lowest BCUT2D eigenvalue weighted by Crippen LogP contribution is -2.14. The molecule has 1 amide bonds. The summed E-state index contributed by atoms with van der Waals surface area (Å²) in [5.74, 6) is 1.39. The summed E-state index contributed by atoms with van der Waals surface area (Å²) >= 11 is 0. The number of hydrogen-bond donors (Lipinski definition) is 1. The van der Waals surface area contributed by atoms with Gasteiger partial charge in [0.15, 0.2) is 0 Å². The Morgan fingerprint density at radius 1 is 1.19 bits per heavy atom. The Kier molecular flexibility index (Phi) is 5.45. The standard InChI is InChI=1S/C21H24N4O2/c1-15-13-17(24(2)3)7-10-19(15)23-21(26)16-5-8-18(9-6-16)27-14-20-22-11-12-25(20)4/h5-13H,14H2,1-4H3,(H,23,26). The first-order valence-corrected chi connectivity index (χ1v) is 8.72. The summed E-state index contributed by atoms with van der Waals surface area (Å²) in [5.41, 5.74) is 3.50. The lowest BCUT2D eigenvalue weighted by molar-refractivity contribution is 0.102. The van der Waals surface area contributed by atoms with E-state index in [1.165, 1.54) is 0 Å². The zero-order chi connectivity index (χ0) is 19.4. The fraction of sp³-hybridized carbons (Fsp3) is 0.238. The second-order valence-corrected chi connectivity index (χ2v) is 6.62. The van der Waals surface area contributed by atoms with Gasteiger partial charge in [-0.05, 0) is 55.0 Å². The first-order chi connectivity index (χ1) is 12.9. The number of carbonyl (C=O) groups excluding carboxylic acids is 1. The number of ether oxygens (including phenoxy) is 1. The van der Waals surface area contributed by atoms with E-state index in [1.807, 2.05) is 61.9 Å². The number of anilines is 2. The van der Waals surface area contributed by atoms with Crippen molar-refractivity contribution in [2.24, 2.45) is 7.05 Å². The van der Waals surface area contributed by atoms with Crippen molar-refractivity contribution < 1.29 is 9.53 Å². The van der Waals surface area contributed by atoms with Gasteiger partial charge in [-0.2, -0.15) is 0 Å².